The SMILES string of the molecule is COC(=O)C1=C2CC(N(CC(F)F)SC)CN2C(c2nccs2)=NC1. The maximum Gasteiger partial charge on any atom is 0.337 e. The van der Waals surface area contributed by atoms with E-state index in [-0.39, 0.29) is 19.1 Å². The minimum absolute atomic E-state index is 0.137. The molecule has 1 aromatic heterocycles. The Kier molecular flexibility index (Phi) is 5.70. The number of aliphatic imine (C=N–C) groups is 1. The predicted molar refractivity (Wildman–Crippen MR) is 93.9 cm³/mol. The van der Waals surface area contributed by atoms with E-state index in [1.807, 2.05) is 10.3 Å². The van der Waals surface area contributed by atoms with Crippen molar-refractivity contribution >= 4 is 35.1 Å². The fourth-order valence-electron chi connectivity index (χ4n) is 3.07. The zero-order chi connectivity index (χ0) is 18.0. The molecule has 1 saturated heterocycles. The summed E-state index contributed by atoms with van der Waals surface area (Å²) < 4.78 is 32.3. The topological polar surface area (TPSA) is 58.0 Å². The number of carbonyl (C=O) groups excluding carboxylic acids is 1. The highest BCUT2D eigenvalue weighted by Crippen LogP contribution is 2.35. The van der Waals surface area contributed by atoms with Crippen LogP contribution in [0.3, 0.4) is 0 Å². The first-order valence-corrected chi connectivity index (χ1v) is 9.72. The number of ether oxygens (including phenoxy) is 1. The van der Waals surface area contributed by atoms with E-state index in [0.29, 0.717) is 24.4 Å². The number of methoxy groups -OCH3 is 1. The number of halogens is 2. The molecule has 1 atom stereocenters. The third-order valence-electron chi connectivity index (χ3n) is 4.15. The number of nitrogens with zero attached hydrogens (tertiary/aromatic N) is 4. The molecule has 25 heavy (non-hydrogen) atoms. The zero-order valence-electron chi connectivity index (χ0n) is 13.8. The van der Waals surface area contributed by atoms with Crippen molar-refractivity contribution in [3.63, 3.8) is 0 Å². The Bertz CT molecular complexity index is 694. The summed E-state index contributed by atoms with van der Waals surface area (Å²) in [6.45, 7) is 0.389. The maximum absolute atomic E-state index is 12.9. The van der Waals surface area contributed by atoms with Gasteiger partial charge in [0.2, 0.25) is 0 Å². The highest BCUT2D eigenvalue weighted by atomic mass is 32.2. The number of hydrogen-bond donors (Lipinski definition) is 0. The van der Waals surface area contributed by atoms with Crippen LogP contribution in [0.2, 0.25) is 0 Å². The van der Waals surface area contributed by atoms with E-state index >= 15 is 0 Å². The first-order valence-electron chi connectivity index (χ1n) is 7.66. The Balaban J connectivity index is 1.91. The summed E-state index contributed by atoms with van der Waals surface area (Å²) in [5.41, 5.74) is 1.29. The number of esters is 1. The summed E-state index contributed by atoms with van der Waals surface area (Å²) >= 11 is 2.75. The average molecular weight is 388 g/mol. The third kappa shape index (κ3) is 3.70. The molecular formula is C15H18F2N4O2S2. The van der Waals surface area contributed by atoms with E-state index in [4.69, 9.17) is 4.74 Å². The summed E-state index contributed by atoms with van der Waals surface area (Å²) in [6.07, 6.45) is 1.57. The highest BCUT2D eigenvalue weighted by Gasteiger charge is 2.40. The molecule has 0 aromatic carbocycles. The van der Waals surface area contributed by atoms with Gasteiger partial charge in [0.25, 0.3) is 6.43 Å². The fraction of sp³-hybridized carbons (Fsp3) is 0.533. The van der Waals surface area contributed by atoms with Gasteiger partial charge in [0.15, 0.2) is 10.8 Å². The normalized spacial score (nSPS) is 20.3. The van der Waals surface area contributed by atoms with Crippen LogP contribution in [0.1, 0.15) is 11.4 Å². The molecule has 0 amide bonds. The van der Waals surface area contributed by atoms with Gasteiger partial charge in [-0.3, -0.25) is 4.99 Å². The Labute approximate surface area is 152 Å². The number of amidine groups is 1. The largest absolute Gasteiger partial charge is 0.466 e. The number of carbonyl (C=O) groups is 1. The molecule has 10 heteroatoms. The number of rotatable bonds is 6. The van der Waals surface area contributed by atoms with E-state index in [1.165, 1.54) is 30.4 Å². The van der Waals surface area contributed by atoms with Gasteiger partial charge >= 0.3 is 5.97 Å². The lowest BCUT2D eigenvalue weighted by Gasteiger charge is -2.27. The molecule has 0 bridgehead atoms. The maximum atomic E-state index is 12.9. The average Bonchev–Trinajstić information content (AvgIpc) is 3.27. The standard InChI is InChI=1S/C15H18F2N4O2S2/c1-23-15(22)10-6-19-13(14-18-3-4-25-14)20-7-9(5-11(10)20)21(24-2)8-12(16)17/h3-4,9,12H,5-8H2,1-2H3. The second-order valence-electron chi connectivity index (χ2n) is 5.54. The van der Waals surface area contributed by atoms with E-state index in [0.717, 1.165) is 10.7 Å². The van der Waals surface area contributed by atoms with Crippen molar-refractivity contribution in [2.75, 3.05) is 33.0 Å². The van der Waals surface area contributed by atoms with Crippen molar-refractivity contribution in [2.24, 2.45) is 4.99 Å². The summed E-state index contributed by atoms with van der Waals surface area (Å²) in [4.78, 5) is 22.8. The molecule has 0 N–H and O–H groups in total. The van der Waals surface area contributed by atoms with Crippen LogP contribution in [0.5, 0.6) is 0 Å². The minimum atomic E-state index is -2.41. The number of hydrogen-bond acceptors (Lipinski definition) is 8. The van der Waals surface area contributed by atoms with Gasteiger partial charge in [-0.25, -0.2) is 22.9 Å². The smallest absolute Gasteiger partial charge is 0.337 e. The molecule has 3 heterocycles. The second kappa shape index (κ2) is 7.79. The first-order chi connectivity index (χ1) is 12.0. The quantitative estimate of drug-likeness (QED) is 0.550. The summed E-state index contributed by atoms with van der Waals surface area (Å²) in [5.74, 6) is 0.269. The lowest BCUT2D eigenvalue weighted by atomic mass is 10.1. The Morgan fingerprint density at radius 2 is 2.40 bits per heavy atom. The van der Waals surface area contributed by atoms with Crippen LogP contribution < -0.4 is 0 Å². The lowest BCUT2D eigenvalue weighted by Crippen LogP contribution is -2.38. The van der Waals surface area contributed by atoms with Gasteiger partial charge in [0, 0.05) is 36.3 Å². The summed E-state index contributed by atoms with van der Waals surface area (Å²) in [6, 6.07) is -0.137. The van der Waals surface area contributed by atoms with Gasteiger partial charge in [-0.1, -0.05) is 11.9 Å². The molecule has 3 rings (SSSR count). The summed E-state index contributed by atoms with van der Waals surface area (Å²) in [7, 11) is 1.33. The predicted octanol–water partition coefficient (Wildman–Crippen LogP) is 2.25. The molecule has 0 saturated carbocycles. The molecule has 2 aliphatic rings. The minimum Gasteiger partial charge on any atom is -0.466 e. The van der Waals surface area contributed by atoms with Crippen molar-refractivity contribution in [3.05, 3.63) is 27.9 Å². The Morgan fingerprint density at radius 3 is 3.00 bits per heavy atom. The van der Waals surface area contributed by atoms with Crippen LogP contribution >= 0.6 is 23.3 Å². The van der Waals surface area contributed by atoms with Gasteiger partial charge in [-0.05, 0) is 6.26 Å². The number of thiazole rings is 1. The van der Waals surface area contributed by atoms with Crippen molar-refractivity contribution in [2.45, 2.75) is 18.9 Å². The molecule has 0 aliphatic carbocycles. The molecule has 1 fully saturated rings. The molecule has 0 spiro atoms. The molecular weight excluding hydrogens is 370 g/mol. The van der Waals surface area contributed by atoms with Gasteiger partial charge in [-0.15, -0.1) is 11.3 Å². The number of alkyl halides is 2. The van der Waals surface area contributed by atoms with Crippen LogP contribution in [0.25, 0.3) is 0 Å². The zero-order valence-corrected chi connectivity index (χ0v) is 15.4. The van der Waals surface area contributed by atoms with Gasteiger partial charge < -0.3 is 9.64 Å². The number of fused-ring (bicyclic) bond motifs is 1. The number of aromatic nitrogens is 1. The van der Waals surface area contributed by atoms with Crippen LogP contribution in [0, 0.1) is 0 Å². The first kappa shape index (κ1) is 18.3. The monoisotopic (exact) mass is 388 g/mol. The van der Waals surface area contributed by atoms with Crippen molar-refractivity contribution < 1.29 is 18.3 Å². The molecule has 1 unspecified atom stereocenters. The fourth-order valence-corrected chi connectivity index (χ4v) is 4.43. The third-order valence-corrected chi connectivity index (χ3v) is 5.84. The molecule has 1 aromatic rings. The van der Waals surface area contributed by atoms with Crippen LogP contribution in [0.15, 0.2) is 27.8 Å². The van der Waals surface area contributed by atoms with Gasteiger partial charge in [0.05, 0.1) is 25.8 Å². The van der Waals surface area contributed by atoms with Crippen LogP contribution in [-0.2, 0) is 9.53 Å². The Hall–Kier alpha value is -1.52. The highest BCUT2D eigenvalue weighted by molar-refractivity contribution is 7.96. The molecule has 136 valence electrons. The second-order valence-corrected chi connectivity index (χ2v) is 7.26. The van der Waals surface area contributed by atoms with E-state index in [9.17, 15) is 13.6 Å². The van der Waals surface area contributed by atoms with Crippen LogP contribution in [-0.4, -0.2) is 71.5 Å². The van der Waals surface area contributed by atoms with E-state index in [1.54, 1.807) is 16.8 Å². The molecule has 6 nitrogen and oxygen atoms in total. The van der Waals surface area contributed by atoms with Crippen molar-refractivity contribution in [1.82, 2.24) is 14.2 Å². The molecule has 0 radical (unpaired) electrons. The van der Waals surface area contributed by atoms with Gasteiger partial charge in [0.1, 0.15) is 0 Å². The summed E-state index contributed by atoms with van der Waals surface area (Å²) in [5, 5.41) is 2.61. The lowest BCUT2D eigenvalue weighted by molar-refractivity contribution is -0.136. The van der Waals surface area contributed by atoms with Crippen molar-refractivity contribution in [3.8, 4) is 0 Å². The Morgan fingerprint density at radius 1 is 1.60 bits per heavy atom. The molecule has 2 aliphatic heterocycles. The van der Waals surface area contributed by atoms with Gasteiger partial charge in [-0.2, -0.15) is 0 Å². The van der Waals surface area contributed by atoms with E-state index < -0.39 is 12.4 Å². The van der Waals surface area contributed by atoms with E-state index in [2.05, 4.69) is 9.98 Å². The van der Waals surface area contributed by atoms with Crippen LogP contribution in [0.4, 0.5) is 8.78 Å². The van der Waals surface area contributed by atoms with Crippen molar-refractivity contribution in [1.29, 1.82) is 0 Å².